The number of hydrogen-bond donors (Lipinski definition) is 2. The zero-order valence-electron chi connectivity index (χ0n) is 12.8. The SMILES string of the molecule is Cc1cc(NCC2(CO)COCCN2C)nc(C2CC2)n1. The van der Waals surface area contributed by atoms with Crippen LogP contribution in [0.15, 0.2) is 6.07 Å². The Morgan fingerprint density at radius 3 is 2.95 bits per heavy atom. The Bertz CT molecular complexity index is 506. The van der Waals surface area contributed by atoms with Gasteiger partial charge in [0, 0.05) is 30.8 Å². The smallest absolute Gasteiger partial charge is 0.134 e. The standard InChI is InChI=1S/C15H24N4O2/c1-11-7-13(18-14(17-11)12-3-4-12)16-8-15(9-20)10-21-6-5-19(15)2/h7,12,20H,3-6,8-10H2,1-2H3,(H,16,17,18). The van der Waals surface area contributed by atoms with Crippen LogP contribution in [-0.2, 0) is 4.74 Å². The molecule has 0 bridgehead atoms. The molecule has 6 nitrogen and oxygen atoms in total. The number of aliphatic hydroxyl groups is 1. The summed E-state index contributed by atoms with van der Waals surface area (Å²) in [4.78, 5) is 11.3. The van der Waals surface area contributed by atoms with Gasteiger partial charge in [0.25, 0.3) is 0 Å². The van der Waals surface area contributed by atoms with Crippen LogP contribution in [0.25, 0.3) is 0 Å². The fourth-order valence-electron chi connectivity index (χ4n) is 2.68. The second kappa shape index (κ2) is 5.87. The number of nitrogens with zero attached hydrogens (tertiary/aromatic N) is 3. The van der Waals surface area contributed by atoms with E-state index in [9.17, 15) is 5.11 Å². The van der Waals surface area contributed by atoms with Gasteiger partial charge in [-0.3, -0.25) is 4.90 Å². The molecule has 1 aromatic heterocycles. The summed E-state index contributed by atoms with van der Waals surface area (Å²) < 4.78 is 5.56. The molecule has 0 amide bonds. The van der Waals surface area contributed by atoms with E-state index >= 15 is 0 Å². The van der Waals surface area contributed by atoms with Crippen LogP contribution < -0.4 is 5.32 Å². The molecule has 1 aliphatic carbocycles. The van der Waals surface area contributed by atoms with E-state index in [0.29, 0.717) is 19.1 Å². The summed E-state index contributed by atoms with van der Waals surface area (Å²) in [6.45, 7) is 4.76. The van der Waals surface area contributed by atoms with E-state index in [4.69, 9.17) is 4.74 Å². The summed E-state index contributed by atoms with van der Waals surface area (Å²) >= 11 is 0. The summed E-state index contributed by atoms with van der Waals surface area (Å²) in [5, 5.41) is 13.2. The fourth-order valence-corrected chi connectivity index (χ4v) is 2.68. The number of aryl methyl sites for hydroxylation is 1. The molecule has 1 saturated carbocycles. The Kier molecular flexibility index (Phi) is 4.10. The van der Waals surface area contributed by atoms with Gasteiger partial charge in [-0.15, -0.1) is 0 Å². The van der Waals surface area contributed by atoms with Crippen molar-refractivity contribution in [2.24, 2.45) is 0 Å². The van der Waals surface area contributed by atoms with E-state index < -0.39 is 0 Å². The highest BCUT2D eigenvalue weighted by Gasteiger charge is 2.37. The molecule has 0 aromatic carbocycles. The van der Waals surface area contributed by atoms with Crippen molar-refractivity contribution in [2.45, 2.75) is 31.2 Å². The fraction of sp³-hybridized carbons (Fsp3) is 0.733. The monoisotopic (exact) mass is 292 g/mol. The number of nitrogens with one attached hydrogen (secondary N) is 1. The lowest BCUT2D eigenvalue weighted by atomic mass is 9.98. The van der Waals surface area contributed by atoms with E-state index in [2.05, 4.69) is 20.2 Å². The quantitative estimate of drug-likeness (QED) is 0.835. The van der Waals surface area contributed by atoms with Crippen LogP contribution in [-0.4, -0.2) is 65.5 Å². The minimum atomic E-state index is -0.378. The van der Waals surface area contributed by atoms with E-state index in [0.717, 1.165) is 30.5 Å². The van der Waals surface area contributed by atoms with Gasteiger partial charge in [0.1, 0.15) is 11.6 Å². The van der Waals surface area contributed by atoms with Crippen LogP contribution in [0.2, 0.25) is 0 Å². The highest BCUT2D eigenvalue weighted by molar-refractivity contribution is 5.37. The summed E-state index contributed by atoms with van der Waals surface area (Å²) in [7, 11) is 2.03. The van der Waals surface area contributed by atoms with Crippen molar-refractivity contribution in [1.82, 2.24) is 14.9 Å². The molecular weight excluding hydrogens is 268 g/mol. The molecule has 116 valence electrons. The Balaban J connectivity index is 1.71. The van der Waals surface area contributed by atoms with Crippen molar-refractivity contribution in [3.8, 4) is 0 Å². The molecule has 3 rings (SSSR count). The normalized spacial score (nSPS) is 26.8. The number of aromatic nitrogens is 2. The van der Waals surface area contributed by atoms with E-state index in [1.807, 2.05) is 20.0 Å². The van der Waals surface area contributed by atoms with Gasteiger partial charge >= 0.3 is 0 Å². The zero-order chi connectivity index (χ0) is 14.9. The molecule has 2 N–H and O–H groups in total. The first kappa shape index (κ1) is 14.7. The molecule has 1 aromatic rings. The maximum Gasteiger partial charge on any atom is 0.134 e. The van der Waals surface area contributed by atoms with Gasteiger partial charge in [-0.05, 0) is 26.8 Å². The number of anilines is 1. The summed E-state index contributed by atoms with van der Waals surface area (Å²) in [5.74, 6) is 2.33. The molecule has 1 atom stereocenters. The summed E-state index contributed by atoms with van der Waals surface area (Å²) in [6, 6.07) is 1.96. The van der Waals surface area contributed by atoms with Gasteiger partial charge in [-0.1, -0.05) is 0 Å². The van der Waals surface area contributed by atoms with E-state index in [1.54, 1.807) is 0 Å². The lowest BCUT2D eigenvalue weighted by molar-refractivity contribution is -0.0726. The van der Waals surface area contributed by atoms with Gasteiger partial charge < -0.3 is 15.2 Å². The third kappa shape index (κ3) is 3.17. The third-order valence-corrected chi connectivity index (χ3v) is 4.46. The van der Waals surface area contributed by atoms with Crippen molar-refractivity contribution >= 4 is 5.82 Å². The van der Waals surface area contributed by atoms with Crippen LogP contribution >= 0.6 is 0 Å². The number of morpholine rings is 1. The highest BCUT2D eigenvalue weighted by atomic mass is 16.5. The minimum absolute atomic E-state index is 0.0655. The van der Waals surface area contributed by atoms with Crippen molar-refractivity contribution in [2.75, 3.05) is 45.3 Å². The van der Waals surface area contributed by atoms with Gasteiger partial charge in [0.05, 0.1) is 25.4 Å². The molecule has 2 heterocycles. The molecule has 1 unspecified atom stereocenters. The van der Waals surface area contributed by atoms with E-state index in [-0.39, 0.29) is 12.1 Å². The predicted octanol–water partition coefficient (Wildman–Crippen LogP) is 0.767. The van der Waals surface area contributed by atoms with Gasteiger partial charge in [-0.25, -0.2) is 9.97 Å². The largest absolute Gasteiger partial charge is 0.394 e. The first-order chi connectivity index (χ1) is 10.1. The maximum absolute atomic E-state index is 9.80. The molecule has 6 heteroatoms. The summed E-state index contributed by atoms with van der Waals surface area (Å²) in [5.41, 5.74) is 0.609. The highest BCUT2D eigenvalue weighted by Crippen LogP contribution is 2.38. The molecular formula is C15H24N4O2. The zero-order valence-corrected chi connectivity index (χ0v) is 12.8. The van der Waals surface area contributed by atoms with Crippen LogP contribution in [0, 0.1) is 6.92 Å². The predicted molar refractivity (Wildman–Crippen MR) is 80.5 cm³/mol. The van der Waals surface area contributed by atoms with Crippen LogP contribution in [0.5, 0.6) is 0 Å². The molecule has 21 heavy (non-hydrogen) atoms. The Morgan fingerprint density at radius 1 is 1.48 bits per heavy atom. The third-order valence-electron chi connectivity index (χ3n) is 4.46. The van der Waals surface area contributed by atoms with Crippen molar-refractivity contribution in [1.29, 1.82) is 0 Å². The van der Waals surface area contributed by atoms with Crippen molar-refractivity contribution in [3.63, 3.8) is 0 Å². The molecule has 1 aliphatic heterocycles. The van der Waals surface area contributed by atoms with Crippen LogP contribution in [0.4, 0.5) is 5.82 Å². The number of hydrogen-bond acceptors (Lipinski definition) is 6. The number of ether oxygens (including phenoxy) is 1. The number of aliphatic hydroxyl groups excluding tert-OH is 1. The Morgan fingerprint density at radius 2 is 2.29 bits per heavy atom. The summed E-state index contributed by atoms with van der Waals surface area (Å²) in [6.07, 6.45) is 2.39. The van der Waals surface area contributed by atoms with Crippen LogP contribution in [0.3, 0.4) is 0 Å². The van der Waals surface area contributed by atoms with E-state index in [1.165, 1.54) is 12.8 Å². The molecule has 0 spiro atoms. The van der Waals surface area contributed by atoms with Crippen molar-refractivity contribution < 1.29 is 9.84 Å². The van der Waals surface area contributed by atoms with Gasteiger partial charge in [0.2, 0.25) is 0 Å². The average molecular weight is 292 g/mol. The van der Waals surface area contributed by atoms with Gasteiger partial charge in [0.15, 0.2) is 0 Å². The first-order valence-electron chi connectivity index (χ1n) is 7.62. The maximum atomic E-state index is 9.80. The Labute approximate surface area is 125 Å². The minimum Gasteiger partial charge on any atom is -0.394 e. The second-order valence-corrected chi connectivity index (χ2v) is 6.24. The Hall–Kier alpha value is -1.24. The lowest BCUT2D eigenvalue weighted by Crippen LogP contribution is -2.61. The topological polar surface area (TPSA) is 70.5 Å². The average Bonchev–Trinajstić information content (AvgIpc) is 3.31. The molecule has 2 fully saturated rings. The molecule has 0 radical (unpaired) electrons. The van der Waals surface area contributed by atoms with Gasteiger partial charge in [-0.2, -0.15) is 0 Å². The number of likely N-dealkylation sites (N-methyl/N-ethyl adjacent to an activating group) is 1. The van der Waals surface area contributed by atoms with Crippen LogP contribution in [0.1, 0.15) is 30.3 Å². The second-order valence-electron chi connectivity index (χ2n) is 6.24. The lowest BCUT2D eigenvalue weighted by Gasteiger charge is -2.43. The number of rotatable bonds is 5. The molecule has 1 saturated heterocycles. The first-order valence-corrected chi connectivity index (χ1v) is 7.62. The molecule has 2 aliphatic rings. The van der Waals surface area contributed by atoms with Crippen molar-refractivity contribution in [3.05, 3.63) is 17.6 Å².